The Labute approximate surface area is 400 Å². The monoisotopic (exact) mass is 953 g/mol. The molecule has 3 fully saturated rings. The molecule has 4 N–H and O–H groups in total. The Balaban J connectivity index is 1.44. The fraction of sp³-hybridized carbons (Fsp3) is 0.469. The zero-order valence-electron chi connectivity index (χ0n) is 39.7. The van der Waals surface area contributed by atoms with Crippen LogP contribution in [0.5, 0.6) is 5.75 Å². The van der Waals surface area contributed by atoms with Crippen LogP contribution >= 0.6 is 0 Å². The standard InChI is InChI=1S/C49H60N8O12/c1-7-34-46(64)56-24-12-16-35(56)47(65)54(6)37(26-30-18-20-32(21-19-30)53(4)5)48(66)57-25-22-33(58)27-36(57)43(61)52-41(31-14-10-9-11-15-31)49(67)69-29(3)40(44(62)50-34)51-45(63)42-38(59)17-13-23-55(42)28-39(60)68-8-2/h9-11,13-15,17-21,23,29,34-37,40-41H,7-8,12,16,22,24-28H2,1-6H3,(H3-,50,51,52,59,61,62,63)/p+1/t29-,34-,35-,36-,37-,40-,41+/m0/s1. The number of amides is 6. The van der Waals surface area contributed by atoms with Crippen molar-refractivity contribution in [1.82, 2.24) is 30.7 Å². The first kappa shape index (κ1) is 51.0. The summed E-state index contributed by atoms with van der Waals surface area (Å²) in [6.07, 6.45) is 0.00176. The number of hydrogen-bond acceptors (Lipinski definition) is 13. The fourth-order valence-electron chi connectivity index (χ4n) is 8.89. The van der Waals surface area contributed by atoms with E-state index in [1.807, 2.05) is 43.3 Å². The maximum absolute atomic E-state index is 15.0. The largest absolute Gasteiger partial charge is 0.502 e. The van der Waals surface area contributed by atoms with Gasteiger partial charge in [0, 0.05) is 65.2 Å². The topological polar surface area (TPSA) is 245 Å². The summed E-state index contributed by atoms with van der Waals surface area (Å²) in [5.74, 6) is -7.44. The van der Waals surface area contributed by atoms with E-state index in [0.29, 0.717) is 12.0 Å². The quantitative estimate of drug-likeness (QED) is 0.162. The van der Waals surface area contributed by atoms with Gasteiger partial charge in [0.1, 0.15) is 42.1 Å². The second kappa shape index (κ2) is 22.6. The van der Waals surface area contributed by atoms with Crippen molar-refractivity contribution >= 4 is 58.9 Å². The molecule has 368 valence electrons. The number of anilines is 1. The Bertz CT molecular complexity index is 2430. The minimum absolute atomic E-state index is 0.00935. The van der Waals surface area contributed by atoms with Crippen LogP contribution in [-0.4, -0.2) is 150 Å². The normalized spacial score (nSPS) is 24.2. The molecule has 4 heterocycles. The summed E-state index contributed by atoms with van der Waals surface area (Å²) < 4.78 is 12.1. The SMILES string of the molecule is CCOC(=O)C[n+]1cccc(O)c1C(=O)N[C@@H]1C(=O)N[C@@H](CC)C(=O)N2CCC[C@H]2C(=O)N(C)[C@@H](Cc2ccc(N(C)C)cc2)C(=O)N2CCC(=O)C[C@H]2C(=O)N[C@H](c2ccccc2)C(=O)O[C@H]1C. The van der Waals surface area contributed by atoms with Crippen molar-refractivity contribution in [3.63, 3.8) is 0 Å². The number of pyridine rings is 1. The van der Waals surface area contributed by atoms with Gasteiger partial charge in [-0.1, -0.05) is 49.4 Å². The Morgan fingerprint density at radius 3 is 2.23 bits per heavy atom. The summed E-state index contributed by atoms with van der Waals surface area (Å²) in [6, 6.07) is 9.59. The number of nitrogens with zero attached hydrogens (tertiary/aromatic N) is 5. The molecule has 20 heteroatoms. The van der Waals surface area contributed by atoms with Crippen LogP contribution in [-0.2, 0) is 60.8 Å². The molecular formula is C49H61N8O12+. The lowest BCUT2D eigenvalue weighted by atomic mass is 9.95. The van der Waals surface area contributed by atoms with Gasteiger partial charge in [-0.25, -0.2) is 9.59 Å². The van der Waals surface area contributed by atoms with E-state index in [2.05, 4.69) is 16.0 Å². The van der Waals surface area contributed by atoms with Gasteiger partial charge in [-0.05, 0) is 62.4 Å². The van der Waals surface area contributed by atoms with E-state index in [9.17, 15) is 43.5 Å². The highest BCUT2D eigenvalue weighted by Gasteiger charge is 2.46. The molecule has 6 amide bonds. The van der Waals surface area contributed by atoms with Gasteiger partial charge < -0.3 is 50.1 Å². The molecule has 3 aliphatic heterocycles. The van der Waals surface area contributed by atoms with Crippen LogP contribution in [0.3, 0.4) is 0 Å². The fourth-order valence-corrected chi connectivity index (χ4v) is 8.89. The number of esters is 2. The number of hydrogen-bond donors (Lipinski definition) is 4. The lowest BCUT2D eigenvalue weighted by Gasteiger charge is -2.40. The second-order valence-electron chi connectivity index (χ2n) is 17.5. The molecule has 0 unspecified atom stereocenters. The number of carbonyl (C=O) groups excluding carboxylic acids is 9. The first-order chi connectivity index (χ1) is 32.9. The van der Waals surface area contributed by atoms with Crippen molar-refractivity contribution in [2.24, 2.45) is 0 Å². The van der Waals surface area contributed by atoms with E-state index in [4.69, 9.17) is 9.47 Å². The number of nitrogens with one attached hydrogen (secondary N) is 3. The van der Waals surface area contributed by atoms with Crippen LogP contribution in [0.4, 0.5) is 5.69 Å². The number of carbonyl (C=O) groups is 9. The second-order valence-corrected chi connectivity index (χ2v) is 17.5. The van der Waals surface area contributed by atoms with Gasteiger partial charge in [0.2, 0.25) is 36.1 Å². The number of benzene rings is 2. The first-order valence-electron chi connectivity index (χ1n) is 23.1. The van der Waals surface area contributed by atoms with Crippen LogP contribution in [0.2, 0.25) is 0 Å². The van der Waals surface area contributed by atoms with Crippen molar-refractivity contribution in [3.8, 4) is 5.75 Å². The molecular weight excluding hydrogens is 893 g/mol. The number of aromatic nitrogens is 1. The predicted molar refractivity (Wildman–Crippen MR) is 247 cm³/mol. The highest BCUT2D eigenvalue weighted by molar-refractivity contribution is 6.01. The van der Waals surface area contributed by atoms with Crippen LogP contribution < -0.4 is 25.4 Å². The number of cyclic esters (lactones) is 1. The van der Waals surface area contributed by atoms with E-state index in [-0.39, 0.29) is 56.7 Å². The van der Waals surface area contributed by atoms with Gasteiger partial charge in [0.15, 0.2) is 18.0 Å². The van der Waals surface area contributed by atoms with E-state index in [0.717, 1.165) is 10.3 Å². The number of Topliss-reactive ketones (excluding diaryl/α,β-unsaturated/α-hetero) is 1. The lowest BCUT2D eigenvalue weighted by Crippen LogP contribution is -2.61. The Morgan fingerprint density at radius 1 is 0.870 bits per heavy atom. The van der Waals surface area contributed by atoms with Crippen LogP contribution in [0.25, 0.3) is 0 Å². The van der Waals surface area contributed by atoms with Crippen molar-refractivity contribution < 1.29 is 62.3 Å². The van der Waals surface area contributed by atoms with Gasteiger partial charge in [0.25, 0.3) is 0 Å². The average Bonchev–Trinajstić information content (AvgIpc) is 3.82. The van der Waals surface area contributed by atoms with Crippen molar-refractivity contribution in [2.75, 3.05) is 45.7 Å². The van der Waals surface area contributed by atoms with Crippen molar-refractivity contribution in [1.29, 1.82) is 0 Å². The van der Waals surface area contributed by atoms with Crippen LogP contribution in [0.1, 0.15) is 80.5 Å². The van der Waals surface area contributed by atoms with Gasteiger partial charge in [0.05, 0.1) is 6.61 Å². The van der Waals surface area contributed by atoms with Gasteiger partial charge in [-0.2, -0.15) is 4.57 Å². The Morgan fingerprint density at radius 2 is 1.57 bits per heavy atom. The van der Waals surface area contributed by atoms with Crippen LogP contribution in [0.15, 0.2) is 72.9 Å². The number of fused-ring (bicyclic) bond motifs is 2. The number of aromatic hydroxyl groups is 1. The summed E-state index contributed by atoms with van der Waals surface area (Å²) in [5.41, 5.74) is 1.37. The predicted octanol–water partition coefficient (Wildman–Crippen LogP) is 0.726. The summed E-state index contributed by atoms with van der Waals surface area (Å²) in [4.78, 5) is 134. The lowest BCUT2D eigenvalue weighted by molar-refractivity contribution is -0.688. The highest BCUT2D eigenvalue weighted by Crippen LogP contribution is 2.27. The molecule has 7 atom stereocenters. The third-order valence-electron chi connectivity index (χ3n) is 12.7. The van der Waals surface area contributed by atoms with E-state index in [1.54, 1.807) is 32.0 Å². The molecule has 0 spiro atoms. The number of ether oxygens (including phenoxy) is 2. The Kier molecular flexibility index (Phi) is 16.7. The molecule has 3 aromatic rings. The number of likely N-dealkylation sites (N-methyl/N-ethyl adjacent to an activating group) is 1. The van der Waals surface area contributed by atoms with E-state index < -0.39 is 114 Å². The molecule has 6 rings (SSSR count). The zero-order valence-corrected chi connectivity index (χ0v) is 39.7. The smallest absolute Gasteiger partial charge is 0.372 e. The maximum Gasteiger partial charge on any atom is 0.372 e. The molecule has 69 heavy (non-hydrogen) atoms. The molecule has 0 bridgehead atoms. The molecule has 3 aliphatic rings. The summed E-state index contributed by atoms with van der Waals surface area (Å²) in [6.45, 7) is 4.05. The third-order valence-corrected chi connectivity index (χ3v) is 12.7. The molecule has 0 radical (unpaired) electrons. The molecule has 0 saturated carbocycles. The van der Waals surface area contributed by atoms with Crippen LogP contribution in [0, 0.1) is 0 Å². The zero-order chi connectivity index (χ0) is 50.1. The van der Waals surface area contributed by atoms with Crippen molar-refractivity contribution in [2.45, 2.75) is 108 Å². The minimum atomic E-state index is -1.79. The molecule has 2 aromatic carbocycles. The number of piperidine rings is 1. The minimum Gasteiger partial charge on any atom is -0.502 e. The summed E-state index contributed by atoms with van der Waals surface area (Å²) >= 11 is 0. The number of ketones is 1. The van der Waals surface area contributed by atoms with Gasteiger partial charge in [-0.3, -0.25) is 33.6 Å². The first-order valence-corrected chi connectivity index (χ1v) is 23.1. The molecule has 3 saturated heterocycles. The highest BCUT2D eigenvalue weighted by atomic mass is 16.5. The summed E-state index contributed by atoms with van der Waals surface area (Å²) in [7, 11) is 5.22. The van der Waals surface area contributed by atoms with E-state index in [1.165, 1.54) is 59.1 Å². The number of rotatable bonds is 10. The third kappa shape index (κ3) is 11.8. The maximum atomic E-state index is 15.0. The van der Waals surface area contributed by atoms with Crippen molar-refractivity contribution in [3.05, 3.63) is 89.7 Å². The van der Waals surface area contributed by atoms with E-state index >= 15 is 4.79 Å². The average molecular weight is 954 g/mol. The van der Waals surface area contributed by atoms with Gasteiger partial charge >= 0.3 is 23.5 Å². The molecule has 20 nitrogen and oxygen atoms in total. The summed E-state index contributed by atoms with van der Waals surface area (Å²) in [5, 5.41) is 18.8. The van der Waals surface area contributed by atoms with Gasteiger partial charge in [-0.15, -0.1) is 0 Å². The molecule has 0 aliphatic carbocycles. The molecule has 1 aromatic heterocycles. The Hall–Kier alpha value is -7.38.